The second-order valence-electron chi connectivity index (χ2n) is 5.25. The Kier molecular flexibility index (Phi) is 3.06. The molecule has 0 saturated carbocycles. The van der Waals surface area contributed by atoms with Gasteiger partial charge in [-0.05, 0) is 30.3 Å². The summed E-state index contributed by atoms with van der Waals surface area (Å²) >= 11 is 0. The number of benzene rings is 2. The summed E-state index contributed by atoms with van der Waals surface area (Å²) < 4.78 is 19.9. The molecular formula is C17H13FN2O3. The monoisotopic (exact) mass is 312 g/mol. The normalized spacial score (nSPS) is 12.7. The number of amides is 1. The summed E-state index contributed by atoms with van der Waals surface area (Å²) in [5.41, 5.74) is 2.36. The first-order valence-corrected chi connectivity index (χ1v) is 7.18. The molecule has 0 saturated heterocycles. The van der Waals surface area contributed by atoms with Gasteiger partial charge in [-0.3, -0.25) is 4.79 Å². The minimum absolute atomic E-state index is 0.0453. The number of halogens is 1. The van der Waals surface area contributed by atoms with Gasteiger partial charge in [0.25, 0.3) is 5.91 Å². The van der Waals surface area contributed by atoms with E-state index in [1.54, 1.807) is 18.3 Å². The zero-order chi connectivity index (χ0) is 16.0. The molecule has 1 aliphatic heterocycles. The molecule has 2 heterocycles. The van der Waals surface area contributed by atoms with Crippen LogP contribution in [-0.4, -0.2) is 29.2 Å². The van der Waals surface area contributed by atoms with Gasteiger partial charge in [-0.15, -0.1) is 0 Å². The molecule has 3 N–H and O–H groups in total. The number of anilines is 1. The highest BCUT2D eigenvalue weighted by Gasteiger charge is 2.29. The third kappa shape index (κ3) is 1.99. The number of rotatable bonds is 4. The van der Waals surface area contributed by atoms with E-state index in [4.69, 9.17) is 9.84 Å². The number of hydrogen-bond donors (Lipinski definition) is 3. The van der Waals surface area contributed by atoms with Crippen LogP contribution < -0.4 is 10.1 Å². The molecule has 0 spiro atoms. The molecular weight excluding hydrogens is 299 g/mol. The van der Waals surface area contributed by atoms with Gasteiger partial charge in [-0.2, -0.15) is 0 Å². The number of carbonyl (C=O) groups is 1. The molecule has 0 atom stereocenters. The smallest absolute Gasteiger partial charge is 0.257 e. The Morgan fingerprint density at radius 1 is 1.22 bits per heavy atom. The predicted molar refractivity (Wildman–Crippen MR) is 84.2 cm³/mol. The molecule has 0 bridgehead atoms. The molecule has 4 rings (SSSR count). The van der Waals surface area contributed by atoms with Gasteiger partial charge in [0.2, 0.25) is 0 Å². The van der Waals surface area contributed by atoms with E-state index >= 15 is 0 Å². The summed E-state index contributed by atoms with van der Waals surface area (Å²) in [4.78, 5) is 15.4. The van der Waals surface area contributed by atoms with Crippen LogP contribution in [0.5, 0.6) is 5.75 Å². The zero-order valence-electron chi connectivity index (χ0n) is 12.0. The molecule has 116 valence electrons. The van der Waals surface area contributed by atoms with Crippen molar-refractivity contribution in [1.82, 2.24) is 4.98 Å². The Morgan fingerprint density at radius 3 is 2.83 bits per heavy atom. The fraction of sp³-hybridized carbons (Fsp3) is 0.118. The fourth-order valence-corrected chi connectivity index (χ4v) is 2.99. The van der Waals surface area contributed by atoms with Gasteiger partial charge in [0.05, 0.1) is 23.2 Å². The maximum Gasteiger partial charge on any atom is 0.257 e. The van der Waals surface area contributed by atoms with Crippen LogP contribution in [-0.2, 0) is 0 Å². The molecule has 0 aliphatic carbocycles. The number of aliphatic hydroxyl groups excluding tert-OH is 1. The van der Waals surface area contributed by atoms with E-state index in [-0.39, 0.29) is 24.5 Å². The van der Waals surface area contributed by atoms with E-state index < -0.39 is 5.82 Å². The van der Waals surface area contributed by atoms with Crippen LogP contribution >= 0.6 is 0 Å². The lowest BCUT2D eigenvalue weighted by Crippen LogP contribution is -2.07. The van der Waals surface area contributed by atoms with Gasteiger partial charge in [-0.25, -0.2) is 4.39 Å². The van der Waals surface area contributed by atoms with E-state index in [0.29, 0.717) is 28.0 Å². The highest BCUT2D eigenvalue weighted by Crippen LogP contribution is 2.44. The molecule has 0 radical (unpaired) electrons. The Balaban J connectivity index is 2.09. The largest absolute Gasteiger partial charge is 0.490 e. The van der Waals surface area contributed by atoms with Crippen LogP contribution in [0.25, 0.3) is 22.0 Å². The number of carbonyl (C=O) groups excluding carboxylic acids is 1. The van der Waals surface area contributed by atoms with Crippen molar-refractivity contribution in [3.63, 3.8) is 0 Å². The molecule has 23 heavy (non-hydrogen) atoms. The second-order valence-corrected chi connectivity index (χ2v) is 5.25. The quantitative estimate of drug-likeness (QED) is 0.693. The van der Waals surface area contributed by atoms with Crippen LogP contribution in [0.1, 0.15) is 10.4 Å². The number of ether oxygens (including phenoxy) is 1. The van der Waals surface area contributed by atoms with Gasteiger partial charge >= 0.3 is 0 Å². The molecule has 1 amide bonds. The molecule has 2 aromatic carbocycles. The molecule has 6 heteroatoms. The van der Waals surface area contributed by atoms with Crippen molar-refractivity contribution < 1.29 is 19.0 Å². The number of hydrogen-bond acceptors (Lipinski definition) is 3. The van der Waals surface area contributed by atoms with Crippen molar-refractivity contribution in [2.75, 3.05) is 18.5 Å². The Morgan fingerprint density at radius 2 is 2.09 bits per heavy atom. The van der Waals surface area contributed by atoms with Crippen LogP contribution in [0.4, 0.5) is 10.1 Å². The summed E-state index contributed by atoms with van der Waals surface area (Å²) in [6.07, 6.45) is 1.75. The van der Waals surface area contributed by atoms with E-state index in [0.717, 1.165) is 5.69 Å². The first-order chi connectivity index (χ1) is 11.2. The molecule has 0 unspecified atom stereocenters. The summed E-state index contributed by atoms with van der Waals surface area (Å²) in [5.74, 6) is -0.431. The third-order valence-corrected chi connectivity index (χ3v) is 3.91. The van der Waals surface area contributed by atoms with Crippen molar-refractivity contribution in [2.45, 2.75) is 0 Å². The summed E-state index contributed by atoms with van der Waals surface area (Å²) in [5, 5.41) is 12.5. The number of aromatic amines is 1. The van der Waals surface area contributed by atoms with Crippen molar-refractivity contribution >= 4 is 22.4 Å². The van der Waals surface area contributed by atoms with Gasteiger partial charge < -0.3 is 20.1 Å². The van der Waals surface area contributed by atoms with Crippen molar-refractivity contribution in [3.05, 3.63) is 47.9 Å². The van der Waals surface area contributed by atoms with Crippen molar-refractivity contribution in [1.29, 1.82) is 0 Å². The maximum atomic E-state index is 14.4. The van der Waals surface area contributed by atoms with Crippen LogP contribution in [0, 0.1) is 5.82 Å². The average molecular weight is 312 g/mol. The first kappa shape index (κ1) is 13.8. The Bertz CT molecular complexity index is 919. The van der Waals surface area contributed by atoms with Crippen molar-refractivity contribution in [2.24, 2.45) is 0 Å². The Hall–Kier alpha value is -2.86. The summed E-state index contributed by atoms with van der Waals surface area (Å²) in [7, 11) is 0. The molecule has 1 aromatic heterocycles. The van der Waals surface area contributed by atoms with Crippen LogP contribution in [0.15, 0.2) is 36.5 Å². The third-order valence-electron chi connectivity index (χ3n) is 3.91. The van der Waals surface area contributed by atoms with Gasteiger partial charge in [-0.1, -0.05) is 0 Å². The maximum absolute atomic E-state index is 14.4. The molecule has 0 fully saturated rings. The van der Waals surface area contributed by atoms with Gasteiger partial charge in [0.1, 0.15) is 18.2 Å². The molecule has 1 aliphatic rings. The lowest BCUT2D eigenvalue weighted by atomic mass is 9.96. The highest BCUT2D eigenvalue weighted by molar-refractivity contribution is 6.27. The second kappa shape index (κ2) is 5.10. The number of H-pyrrole nitrogens is 1. The lowest BCUT2D eigenvalue weighted by Gasteiger charge is -2.13. The highest BCUT2D eigenvalue weighted by atomic mass is 19.1. The van der Waals surface area contributed by atoms with Crippen molar-refractivity contribution in [3.8, 4) is 17.0 Å². The fourth-order valence-electron chi connectivity index (χ4n) is 2.99. The lowest BCUT2D eigenvalue weighted by molar-refractivity contribution is 0.103. The minimum atomic E-state index is -0.465. The molecule has 5 nitrogen and oxygen atoms in total. The van der Waals surface area contributed by atoms with E-state index in [1.807, 2.05) is 12.1 Å². The Labute approximate surface area is 130 Å². The number of nitrogens with one attached hydrogen (secondary N) is 2. The predicted octanol–water partition coefficient (Wildman–Crippen LogP) is 2.91. The topological polar surface area (TPSA) is 74.3 Å². The first-order valence-electron chi connectivity index (χ1n) is 7.18. The minimum Gasteiger partial charge on any atom is -0.490 e. The molecule has 3 aromatic rings. The van der Waals surface area contributed by atoms with E-state index in [9.17, 15) is 9.18 Å². The van der Waals surface area contributed by atoms with Crippen LogP contribution in [0.2, 0.25) is 0 Å². The number of aromatic nitrogens is 1. The van der Waals surface area contributed by atoms with Gasteiger partial charge in [0, 0.05) is 22.8 Å². The zero-order valence-corrected chi connectivity index (χ0v) is 12.0. The van der Waals surface area contributed by atoms with Crippen LogP contribution in [0.3, 0.4) is 0 Å². The summed E-state index contributed by atoms with van der Waals surface area (Å²) in [6, 6.07) is 8.13. The number of aliphatic hydroxyl groups is 1. The summed E-state index contributed by atoms with van der Waals surface area (Å²) in [6.45, 7) is -0.136. The van der Waals surface area contributed by atoms with E-state index in [1.165, 1.54) is 6.07 Å². The van der Waals surface area contributed by atoms with Gasteiger partial charge in [0.15, 0.2) is 0 Å². The average Bonchev–Trinajstić information content (AvgIpc) is 3.18. The standard InChI is InChI=1S/C17H13FN2O3/c18-10-3-4-12-16-14(17(22)20-12)9(11-2-1-5-19-11)8-13(15(10)16)23-7-6-21/h1-5,8,19,21H,6-7H2,(H,20,22). The van der Waals surface area contributed by atoms with E-state index in [2.05, 4.69) is 10.3 Å². The SMILES string of the molecule is O=C1Nc2ccc(F)c3c(OCCO)cc(-c4ccc[nH]4)c1c23.